The molecule has 6 rings (SSSR count). The van der Waals surface area contributed by atoms with E-state index < -0.39 is 58.6 Å². The molecule has 2 aromatic carbocycles. The standard InChI is InChI=1S/C24H22F6N4O2/c1-20(27,23(35,12-34-14-31-32-33-34)18-7-4-16(25)8-19(18)26)22-9-21(10-22,11-22)15-2-5-17(6-3-15)36-13-24(28,29)30/h2-8,14,35H,9-13H2,1H3. The number of aromatic nitrogens is 4. The second-order valence-corrected chi connectivity index (χ2v) is 10.0. The summed E-state index contributed by atoms with van der Waals surface area (Å²) < 4.78 is 88.2. The SMILES string of the molecule is CC(F)(C12CC(c3ccc(OCC(F)(F)F)cc3)(C1)C2)C(O)(Cn1cnnn1)c1ccc(F)cc1F. The van der Waals surface area contributed by atoms with Gasteiger partial charge in [-0.05, 0) is 65.8 Å². The Balaban J connectivity index is 1.39. The lowest BCUT2D eigenvalue weighted by atomic mass is 9.28. The summed E-state index contributed by atoms with van der Waals surface area (Å²) in [5.41, 5.74) is -5.81. The van der Waals surface area contributed by atoms with Crippen molar-refractivity contribution in [1.29, 1.82) is 0 Å². The summed E-state index contributed by atoms with van der Waals surface area (Å²) in [6, 6.07) is 8.73. The fraction of sp³-hybridized carbons (Fsp3) is 0.458. The first-order valence-corrected chi connectivity index (χ1v) is 11.2. The lowest BCUT2D eigenvalue weighted by Crippen LogP contribution is -2.76. The number of tetrazole rings is 1. The van der Waals surface area contributed by atoms with Crippen LogP contribution in [0, 0.1) is 17.0 Å². The van der Waals surface area contributed by atoms with Crippen LogP contribution in [0.2, 0.25) is 0 Å². The molecule has 1 aromatic heterocycles. The summed E-state index contributed by atoms with van der Waals surface area (Å²) in [6.07, 6.45) is -2.30. The Morgan fingerprint density at radius 3 is 2.25 bits per heavy atom. The summed E-state index contributed by atoms with van der Waals surface area (Å²) in [7, 11) is 0. The Morgan fingerprint density at radius 1 is 1.03 bits per heavy atom. The number of rotatable bonds is 8. The molecule has 0 radical (unpaired) electrons. The van der Waals surface area contributed by atoms with Crippen LogP contribution in [0.1, 0.15) is 37.3 Å². The van der Waals surface area contributed by atoms with Crippen LogP contribution in [0.15, 0.2) is 48.8 Å². The molecular weight excluding hydrogens is 490 g/mol. The number of hydrogen-bond acceptors (Lipinski definition) is 5. The molecule has 6 nitrogen and oxygen atoms in total. The van der Waals surface area contributed by atoms with Crippen LogP contribution in [-0.4, -0.2) is 43.8 Å². The highest BCUT2D eigenvalue weighted by Crippen LogP contribution is 2.80. The molecule has 2 unspecified atom stereocenters. The normalized spacial score (nSPS) is 26.3. The van der Waals surface area contributed by atoms with Crippen molar-refractivity contribution in [3.8, 4) is 5.75 Å². The summed E-state index contributed by atoms with van der Waals surface area (Å²) >= 11 is 0. The number of aliphatic hydroxyl groups is 1. The van der Waals surface area contributed by atoms with Gasteiger partial charge in [0.05, 0.1) is 6.54 Å². The Bertz CT molecular complexity index is 1240. The molecule has 3 aliphatic rings. The summed E-state index contributed by atoms with van der Waals surface area (Å²) in [6.45, 7) is -0.701. The van der Waals surface area contributed by atoms with Gasteiger partial charge in [-0.1, -0.05) is 18.2 Å². The van der Waals surface area contributed by atoms with Crippen molar-refractivity contribution in [2.24, 2.45) is 5.41 Å². The van der Waals surface area contributed by atoms with Crippen molar-refractivity contribution in [3.05, 3.63) is 71.6 Å². The highest BCUT2D eigenvalue weighted by Gasteiger charge is 2.79. The molecule has 3 aromatic rings. The van der Waals surface area contributed by atoms with Crippen LogP contribution in [0.25, 0.3) is 0 Å². The highest BCUT2D eigenvalue weighted by molar-refractivity contribution is 5.45. The molecule has 0 spiro atoms. The van der Waals surface area contributed by atoms with Gasteiger partial charge >= 0.3 is 6.18 Å². The maximum Gasteiger partial charge on any atom is 0.422 e. The largest absolute Gasteiger partial charge is 0.484 e. The third-order valence-electron chi connectivity index (χ3n) is 7.83. The zero-order valence-electron chi connectivity index (χ0n) is 19.1. The maximum atomic E-state index is 16.8. The Morgan fingerprint density at radius 2 is 1.69 bits per heavy atom. The molecule has 1 N–H and O–H groups in total. The zero-order chi connectivity index (χ0) is 26.0. The molecule has 0 aliphatic heterocycles. The van der Waals surface area contributed by atoms with Gasteiger partial charge in [-0.25, -0.2) is 17.9 Å². The molecule has 36 heavy (non-hydrogen) atoms. The van der Waals surface area contributed by atoms with Crippen LogP contribution in [-0.2, 0) is 17.6 Å². The molecule has 1 heterocycles. The molecule has 3 fully saturated rings. The third-order valence-corrected chi connectivity index (χ3v) is 7.83. The van der Waals surface area contributed by atoms with Crippen molar-refractivity contribution < 1.29 is 36.2 Å². The van der Waals surface area contributed by atoms with Gasteiger partial charge in [0, 0.05) is 17.0 Å². The van der Waals surface area contributed by atoms with E-state index in [1.165, 1.54) is 19.1 Å². The monoisotopic (exact) mass is 512 g/mol. The highest BCUT2D eigenvalue weighted by atomic mass is 19.4. The number of ether oxygens (including phenoxy) is 1. The fourth-order valence-electron chi connectivity index (χ4n) is 5.90. The smallest absolute Gasteiger partial charge is 0.422 e. The lowest BCUT2D eigenvalue weighted by Gasteiger charge is -2.76. The van der Waals surface area contributed by atoms with E-state index in [0.29, 0.717) is 25.3 Å². The number of halogens is 6. The van der Waals surface area contributed by atoms with E-state index in [1.54, 1.807) is 12.1 Å². The molecule has 3 aliphatic carbocycles. The quantitative estimate of drug-likeness (QED) is 0.446. The number of alkyl halides is 4. The fourth-order valence-corrected chi connectivity index (χ4v) is 5.90. The van der Waals surface area contributed by atoms with Gasteiger partial charge in [0.25, 0.3) is 0 Å². The van der Waals surface area contributed by atoms with Crippen molar-refractivity contribution in [3.63, 3.8) is 0 Å². The summed E-state index contributed by atoms with van der Waals surface area (Å²) in [4.78, 5) is 0. The van der Waals surface area contributed by atoms with Crippen molar-refractivity contribution in [2.45, 2.75) is 55.6 Å². The van der Waals surface area contributed by atoms with Gasteiger partial charge in [0.2, 0.25) is 0 Å². The lowest BCUT2D eigenvalue weighted by molar-refractivity contribution is -0.289. The second kappa shape index (κ2) is 7.92. The minimum absolute atomic E-state index is 0.0651. The first-order valence-electron chi connectivity index (χ1n) is 11.2. The van der Waals surface area contributed by atoms with E-state index in [4.69, 9.17) is 4.74 Å². The number of hydrogen-bond donors (Lipinski definition) is 1. The van der Waals surface area contributed by atoms with Crippen LogP contribution >= 0.6 is 0 Å². The minimum Gasteiger partial charge on any atom is -0.484 e. The van der Waals surface area contributed by atoms with Crippen molar-refractivity contribution in [2.75, 3.05) is 6.61 Å². The Kier molecular flexibility index (Phi) is 5.40. The van der Waals surface area contributed by atoms with Crippen molar-refractivity contribution >= 4 is 0 Å². The summed E-state index contributed by atoms with van der Waals surface area (Å²) in [5, 5.41) is 22.4. The van der Waals surface area contributed by atoms with Gasteiger partial charge in [-0.3, -0.25) is 0 Å². The molecule has 2 atom stereocenters. The van der Waals surface area contributed by atoms with Crippen molar-refractivity contribution in [1.82, 2.24) is 20.2 Å². The van der Waals surface area contributed by atoms with Crippen LogP contribution in [0.4, 0.5) is 26.3 Å². The van der Waals surface area contributed by atoms with Crippen LogP contribution in [0.3, 0.4) is 0 Å². The van der Waals surface area contributed by atoms with E-state index in [0.717, 1.165) is 28.7 Å². The Hall–Kier alpha value is -3.15. The van der Waals surface area contributed by atoms with E-state index in [9.17, 15) is 27.1 Å². The van der Waals surface area contributed by atoms with Gasteiger partial charge in [-0.15, -0.1) is 5.10 Å². The zero-order valence-corrected chi connectivity index (χ0v) is 19.1. The average Bonchev–Trinajstić information content (AvgIpc) is 3.23. The minimum atomic E-state index is -4.45. The first-order chi connectivity index (χ1) is 16.8. The first kappa shape index (κ1) is 24.5. The van der Waals surface area contributed by atoms with E-state index in [1.807, 2.05) is 0 Å². The van der Waals surface area contributed by atoms with E-state index in [2.05, 4.69) is 15.5 Å². The predicted molar refractivity (Wildman–Crippen MR) is 114 cm³/mol. The second-order valence-electron chi connectivity index (χ2n) is 10.0. The molecule has 2 bridgehead atoms. The number of nitrogens with zero attached hydrogens (tertiary/aromatic N) is 4. The molecule has 192 valence electrons. The van der Waals surface area contributed by atoms with Crippen LogP contribution < -0.4 is 4.74 Å². The molecule has 12 heteroatoms. The van der Waals surface area contributed by atoms with Gasteiger partial charge in [-0.2, -0.15) is 13.2 Å². The summed E-state index contributed by atoms with van der Waals surface area (Å²) in [5.74, 6) is -1.89. The molecule has 0 saturated heterocycles. The third kappa shape index (κ3) is 3.73. The van der Waals surface area contributed by atoms with Gasteiger partial charge in [0.1, 0.15) is 35.0 Å². The molecule has 3 saturated carbocycles. The van der Waals surface area contributed by atoms with Gasteiger partial charge < -0.3 is 9.84 Å². The van der Waals surface area contributed by atoms with E-state index in [-0.39, 0.29) is 5.75 Å². The van der Waals surface area contributed by atoms with Crippen LogP contribution in [0.5, 0.6) is 5.75 Å². The molecule has 0 amide bonds. The van der Waals surface area contributed by atoms with Gasteiger partial charge in [0.15, 0.2) is 6.61 Å². The topological polar surface area (TPSA) is 73.1 Å². The predicted octanol–water partition coefficient (Wildman–Crippen LogP) is 4.63. The average molecular weight is 512 g/mol. The molecular formula is C24H22F6N4O2. The number of benzene rings is 2. The van der Waals surface area contributed by atoms with E-state index >= 15 is 4.39 Å². The maximum absolute atomic E-state index is 16.8. The Labute approximate surface area is 201 Å².